The molecule has 26 heavy (non-hydrogen) atoms. The van der Waals surface area contributed by atoms with Gasteiger partial charge in [-0.2, -0.15) is 0 Å². The third-order valence-corrected chi connectivity index (χ3v) is 3.67. The number of ether oxygens (including phenoxy) is 2. The van der Waals surface area contributed by atoms with Crippen LogP contribution in [0.25, 0.3) is 0 Å². The highest BCUT2D eigenvalue weighted by Gasteiger charge is 2.06. The molecule has 1 aromatic rings. The molecule has 0 aliphatic carbocycles. The Bertz CT molecular complexity index is 613. The smallest absolute Gasteiger partial charge is 0.125 e. The van der Waals surface area contributed by atoms with Gasteiger partial charge < -0.3 is 14.3 Å². The number of hydrogen-bond acceptors (Lipinski definition) is 5. The zero-order valence-electron chi connectivity index (χ0n) is 16.9. The first-order valence-electron chi connectivity index (χ1n) is 8.86. The first-order chi connectivity index (χ1) is 12.5. The van der Waals surface area contributed by atoms with Gasteiger partial charge in [0.2, 0.25) is 0 Å². The number of rotatable bonds is 11. The van der Waals surface area contributed by atoms with Crippen LogP contribution in [-0.4, -0.2) is 51.1 Å². The van der Waals surface area contributed by atoms with Gasteiger partial charge >= 0.3 is 0 Å². The van der Waals surface area contributed by atoms with E-state index in [2.05, 4.69) is 16.1 Å². The Morgan fingerprint density at radius 2 is 1.73 bits per heavy atom. The van der Waals surface area contributed by atoms with Crippen LogP contribution < -0.4 is 9.47 Å². The predicted octanol–water partition coefficient (Wildman–Crippen LogP) is 4.15. The van der Waals surface area contributed by atoms with Crippen LogP contribution in [-0.2, 0) is 4.84 Å². The van der Waals surface area contributed by atoms with Gasteiger partial charge in [0.05, 0.1) is 5.71 Å². The van der Waals surface area contributed by atoms with Crippen LogP contribution in [0, 0.1) is 13.8 Å². The average molecular weight is 360 g/mol. The van der Waals surface area contributed by atoms with Crippen molar-refractivity contribution in [1.29, 1.82) is 0 Å². The van der Waals surface area contributed by atoms with Crippen molar-refractivity contribution in [3.63, 3.8) is 0 Å². The fourth-order valence-electron chi connectivity index (χ4n) is 2.56. The van der Waals surface area contributed by atoms with Crippen molar-refractivity contribution in [2.75, 3.05) is 40.5 Å². The highest BCUT2D eigenvalue weighted by molar-refractivity contribution is 5.83. The minimum absolute atomic E-state index is 0.541. The van der Waals surface area contributed by atoms with E-state index in [0.717, 1.165) is 41.4 Å². The van der Waals surface area contributed by atoms with E-state index in [0.29, 0.717) is 13.2 Å². The molecule has 0 bridgehead atoms. The molecule has 0 saturated carbocycles. The third kappa shape index (κ3) is 8.21. The Morgan fingerprint density at radius 3 is 2.35 bits per heavy atom. The second-order valence-corrected chi connectivity index (χ2v) is 6.25. The second kappa shape index (κ2) is 12.1. The van der Waals surface area contributed by atoms with Crippen molar-refractivity contribution in [3.05, 3.63) is 47.6 Å². The van der Waals surface area contributed by atoms with Crippen molar-refractivity contribution in [3.8, 4) is 11.5 Å². The van der Waals surface area contributed by atoms with Crippen molar-refractivity contribution >= 4 is 5.71 Å². The summed E-state index contributed by atoms with van der Waals surface area (Å²) in [5, 5.41) is 3.91. The van der Waals surface area contributed by atoms with E-state index >= 15 is 0 Å². The van der Waals surface area contributed by atoms with Gasteiger partial charge in [-0.05, 0) is 58.0 Å². The molecule has 0 unspecified atom stereocenters. The van der Waals surface area contributed by atoms with Gasteiger partial charge in [-0.25, -0.2) is 0 Å². The van der Waals surface area contributed by atoms with Gasteiger partial charge in [0.25, 0.3) is 0 Å². The van der Waals surface area contributed by atoms with Crippen molar-refractivity contribution in [2.45, 2.75) is 27.7 Å². The summed E-state index contributed by atoms with van der Waals surface area (Å²) in [6.07, 6.45) is 8.10. The summed E-state index contributed by atoms with van der Waals surface area (Å²) in [6.45, 7) is 10.7. The van der Waals surface area contributed by atoms with Gasteiger partial charge in [-0.1, -0.05) is 29.5 Å². The van der Waals surface area contributed by atoms with Crippen LogP contribution in [0.1, 0.15) is 25.0 Å². The molecule has 1 rings (SSSR count). The first-order valence-corrected chi connectivity index (χ1v) is 8.86. The van der Waals surface area contributed by atoms with Gasteiger partial charge in [0, 0.05) is 13.1 Å². The molecule has 5 nitrogen and oxygen atoms in total. The molecule has 0 fully saturated rings. The van der Waals surface area contributed by atoms with Crippen LogP contribution in [0.3, 0.4) is 0 Å². The Kier molecular flexibility index (Phi) is 10.2. The van der Waals surface area contributed by atoms with Gasteiger partial charge in [0.15, 0.2) is 0 Å². The lowest BCUT2D eigenvalue weighted by Crippen LogP contribution is -2.24. The summed E-state index contributed by atoms with van der Waals surface area (Å²) >= 11 is 0. The third-order valence-electron chi connectivity index (χ3n) is 3.67. The Hall–Kier alpha value is -2.27. The number of benzene rings is 1. The molecular formula is C21H32N2O3. The molecule has 0 radical (unpaired) electrons. The highest BCUT2D eigenvalue weighted by Crippen LogP contribution is 2.28. The van der Waals surface area contributed by atoms with E-state index in [9.17, 15) is 0 Å². The average Bonchev–Trinajstić information content (AvgIpc) is 2.57. The largest absolute Gasteiger partial charge is 0.490 e. The maximum absolute atomic E-state index is 5.93. The minimum Gasteiger partial charge on any atom is -0.490 e. The molecule has 0 aliphatic rings. The minimum atomic E-state index is 0.541. The fraction of sp³-hybridized carbons (Fsp3) is 0.476. The van der Waals surface area contributed by atoms with Crippen LogP contribution >= 0.6 is 0 Å². The number of nitrogens with zero attached hydrogens (tertiary/aromatic N) is 2. The lowest BCUT2D eigenvalue weighted by Gasteiger charge is -2.14. The van der Waals surface area contributed by atoms with Gasteiger partial charge in [-0.3, -0.25) is 4.90 Å². The van der Waals surface area contributed by atoms with Crippen molar-refractivity contribution in [2.24, 2.45) is 5.16 Å². The summed E-state index contributed by atoms with van der Waals surface area (Å²) in [6, 6.07) is 4.03. The molecule has 0 aliphatic heterocycles. The maximum Gasteiger partial charge on any atom is 0.125 e. The zero-order chi connectivity index (χ0) is 19.4. The SMILES string of the molecule is C/C=C/COc1cc(C)c(OC/C=C/CN(C)C/C(C)=N/OC)c(C)c1. The van der Waals surface area contributed by atoms with Crippen LogP contribution in [0.5, 0.6) is 11.5 Å². The lowest BCUT2D eigenvalue weighted by atomic mass is 10.1. The Morgan fingerprint density at radius 1 is 1.08 bits per heavy atom. The van der Waals surface area contributed by atoms with E-state index in [1.807, 2.05) is 65.1 Å². The number of oxime groups is 1. The van der Waals surface area contributed by atoms with E-state index in [1.165, 1.54) is 0 Å². The fourth-order valence-corrected chi connectivity index (χ4v) is 2.56. The molecule has 5 heteroatoms. The van der Waals surface area contributed by atoms with Crippen LogP contribution in [0.4, 0.5) is 0 Å². The Balaban J connectivity index is 2.48. The summed E-state index contributed by atoms with van der Waals surface area (Å²) in [7, 11) is 3.60. The molecular weight excluding hydrogens is 328 g/mol. The summed E-state index contributed by atoms with van der Waals surface area (Å²) in [4.78, 5) is 6.92. The monoisotopic (exact) mass is 360 g/mol. The summed E-state index contributed by atoms with van der Waals surface area (Å²) in [5.41, 5.74) is 3.11. The number of likely N-dealkylation sites (N-methyl/N-ethyl adjacent to an activating group) is 1. The predicted molar refractivity (Wildman–Crippen MR) is 108 cm³/mol. The number of hydrogen-bond donors (Lipinski definition) is 0. The highest BCUT2D eigenvalue weighted by atomic mass is 16.6. The quantitative estimate of drug-likeness (QED) is 0.338. The zero-order valence-corrected chi connectivity index (χ0v) is 16.9. The standard InChI is InChI=1S/C21H32N2O3/c1-7-8-12-25-20-14-17(2)21(18(3)15-20)26-13-10-9-11-23(5)16-19(4)22-24-6/h7-10,14-15H,11-13,16H2,1-6H3/b8-7+,10-9+,22-19+. The molecule has 144 valence electrons. The van der Waals surface area contributed by atoms with Crippen molar-refractivity contribution in [1.82, 2.24) is 4.90 Å². The summed E-state index contributed by atoms with van der Waals surface area (Å²) in [5.74, 6) is 1.79. The van der Waals surface area contributed by atoms with Gasteiger partial charge in [0.1, 0.15) is 31.8 Å². The lowest BCUT2D eigenvalue weighted by molar-refractivity contribution is 0.211. The molecule has 0 N–H and O–H groups in total. The van der Waals surface area contributed by atoms with E-state index < -0.39 is 0 Å². The van der Waals surface area contributed by atoms with Crippen LogP contribution in [0.2, 0.25) is 0 Å². The molecule has 0 saturated heterocycles. The van der Waals surface area contributed by atoms with Crippen LogP contribution in [0.15, 0.2) is 41.6 Å². The Labute approximate surface area is 157 Å². The van der Waals surface area contributed by atoms with E-state index in [-0.39, 0.29) is 0 Å². The second-order valence-electron chi connectivity index (χ2n) is 6.25. The molecule has 0 atom stereocenters. The first kappa shape index (κ1) is 21.8. The maximum atomic E-state index is 5.93. The van der Waals surface area contributed by atoms with E-state index in [1.54, 1.807) is 7.11 Å². The molecule has 0 amide bonds. The molecule has 0 spiro atoms. The molecule has 0 aromatic heterocycles. The van der Waals surface area contributed by atoms with E-state index in [4.69, 9.17) is 14.3 Å². The normalized spacial score (nSPS) is 12.3. The van der Waals surface area contributed by atoms with Crippen molar-refractivity contribution < 1.29 is 14.3 Å². The molecule has 0 heterocycles. The number of aryl methyl sites for hydroxylation is 2. The van der Waals surface area contributed by atoms with Gasteiger partial charge in [-0.15, -0.1) is 0 Å². The number of allylic oxidation sites excluding steroid dienone is 1. The molecule has 1 aromatic carbocycles. The topological polar surface area (TPSA) is 43.3 Å². The summed E-state index contributed by atoms with van der Waals surface area (Å²) < 4.78 is 11.6.